The molecule has 0 N–H and O–H groups in total. The van der Waals surface area contributed by atoms with Crippen molar-refractivity contribution in [2.24, 2.45) is 5.92 Å². The Labute approximate surface area is 105 Å². The topological polar surface area (TPSA) is 0 Å². The summed E-state index contributed by atoms with van der Waals surface area (Å²) in [6.45, 7) is 4.15. The van der Waals surface area contributed by atoms with Gasteiger partial charge in [-0.05, 0) is 30.7 Å². The molecule has 0 heteroatoms. The van der Waals surface area contributed by atoms with E-state index in [0.29, 0.717) is 0 Å². The molecule has 1 aromatic rings. The lowest BCUT2D eigenvalue weighted by atomic mass is 9.88. The smallest absolute Gasteiger partial charge is 0.00318 e. The molecule has 1 aliphatic rings. The first-order valence-corrected chi connectivity index (χ1v) is 6.74. The lowest BCUT2D eigenvalue weighted by Gasteiger charge is -2.17. The average Bonchev–Trinajstić information content (AvgIpc) is 2.39. The highest BCUT2D eigenvalue weighted by atomic mass is 14.1. The van der Waals surface area contributed by atoms with Crippen LogP contribution in [-0.2, 0) is 6.42 Å². The standard InChI is InChI=1S/C17H22/c1-15(14-17-10-6-3-7-11-17)12-13-16-8-4-2-5-9-16/h3,6-7,10-13,16H,1-2,4-5,8-9,14H2/b13-12+. The van der Waals surface area contributed by atoms with Crippen LogP contribution in [0.4, 0.5) is 0 Å². The summed E-state index contributed by atoms with van der Waals surface area (Å²) in [7, 11) is 0. The van der Waals surface area contributed by atoms with Crippen LogP contribution in [0.2, 0.25) is 0 Å². The fourth-order valence-corrected chi connectivity index (χ4v) is 2.52. The summed E-state index contributed by atoms with van der Waals surface area (Å²) in [5.41, 5.74) is 2.58. The molecule has 0 spiro atoms. The Bertz CT molecular complexity index is 366. The fourth-order valence-electron chi connectivity index (χ4n) is 2.52. The van der Waals surface area contributed by atoms with Gasteiger partial charge in [0.05, 0.1) is 0 Å². The molecule has 1 fully saturated rings. The minimum Gasteiger partial charge on any atom is -0.0955 e. The van der Waals surface area contributed by atoms with Gasteiger partial charge in [0.2, 0.25) is 0 Å². The molecule has 0 aromatic heterocycles. The summed E-state index contributed by atoms with van der Waals surface area (Å²) in [5.74, 6) is 0.802. The Morgan fingerprint density at radius 3 is 2.53 bits per heavy atom. The summed E-state index contributed by atoms with van der Waals surface area (Å²) >= 11 is 0. The van der Waals surface area contributed by atoms with Gasteiger partial charge in [0.15, 0.2) is 0 Å². The Morgan fingerprint density at radius 1 is 1.12 bits per heavy atom. The molecule has 1 aromatic carbocycles. The van der Waals surface area contributed by atoms with E-state index in [1.165, 1.54) is 43.2 Å². The maximum absolute atomic E-state index is 4.15. The van der Waals surface area contributed by atoms with Crippen molar-refractivity contribution in [3.05, 3.63) is 60.2 Å². The molecule has 17 heavy (non-hydrogen) atoms. The van der Waals surface area contributed by atoms with Crippen LogP contribution >= 0.6 is 0 Å². The highest BCUT2D eigenvalue weighted by Gasteiger charge is 2.09. The van der Waals surface area contributed by atoms with Crippen LogP contribution < -0.4 is 0 Å². The van der Waals surface area contributed by atoms with Crippen LogP contribution in [0.25, 0.3) is 0 Å². The van der Waals surface area contributed by atoms with Crippen molar-refractivity contribution in [1.82, 2.24) is 0 Å². The molecule has 0 unspecified atom stereocenters. The molecule has 0 atom stereocenters. The summed E-state index contributed by atoms with van der Waals surface area (Å²) < 4.78 is 0. The minimum absolute atomic E-state index is 0.802. The van der Waals surface area contributed by atoms with E-state index < -0.39 is 0 Å². The normalized spacial score (nSPS) is 17.4. The van der Waals surface area contributed by atoms with Crippen molar-refractivity contribution in [2.75, 3.05) is 0 Å². The zero-order chi connectivity index (χ0) is 11.9. The second-order valence-electron chi connectivity index (χ2n) is 5.08. The van der Waals surface area contributed by atoms with Gasteiger partial charge < -0.3 is 0 Å². The van der Waals surface area contributed by atoms with Gasteiger partial charge in [0.1, 0.15) is 0 Å². The zero-order valence-corrected chi connectivity index (χ0v) is 10.6. The lowest BCUT2D eigenvalue weighted by molar-refractivity contribution is 0.419. The molecule has 90 valence electrons. The second kappa shape index (κ2) is 6.44. The maximum atomic E-state index is 4.15. The lowest BCUT2D eigenvalue weighted by Crippen LogP contribution is -2.02. The first-order valence-electron chi connectivity index (χ1n) is 6.74. The monoisotopic (exact) mass is 226 g/mol. The van der Waals surface area contributed by atoms with Gasteiger partial charge in [0, 0.05) is 0 Å². The van der Waals surface area contributed by atoms with E-state index in [1.807, 2.05) is 0 Å². The van der Waals surface area contributed by atoms with Crippen LogP contribution in [0.5, 0.6) is 0 Å². The predicted molar refractivity (Wildman–Crippen MR) is 75.0 cm³/mol. The number of benzene rings is 1. The molecular formula is C17H22. The largest absolute Gasteiger partial charge is 0.0955 e. The molecule has 0 amide bonds. The van der Waals surface area contributed by atoms with E-state index in [1.54, 1.807) is 0 Å². The molecule has 0 nitrogen and oxygen atoms in total. The molecule has 0 saturated heterocycles. The summed E-state index contributed by atoms with van der Waals surface area (Å²) in [6, 6.07) is 10.6. The van der Waals surface area contributed by atoms with Gasteiger partial charge in [-0.3, -0.25) is 0 Å². The molecule has 1 aliphatic carbocycles. The number of rotatable bonds is 4. The molecule has 0 heterocycles. The molecular weight excluding hydrogens is 204 g/mol. The van der Waals surface area contributed by atoms with Gasteiger partial charge >= 0.3 is 0 Å². The highest BCUT2D eigenvalue weighted by molar-refractivity contribution is 5.26. The molecule has 2 rings (SSSR count). The first kappa shape index (κ1) is 12.2. The Kier molecular flexibility index (Phi) is 4.61. The SMILES string of the molecule is C=C(/C=C/C1CCCCC1)Cc1ccccc1. The van der Waals surface area contributed by atoms with E-state index >= 15 is 0 Å². The average molecular weight is 226 g/mol. The van der Waals surface area contributed by atoms with Crippen molar-refractivity contribution in [1.29, 1.82) is 0 Å². The van der Waals surface area contributed by atoms with Crippen LogP contribution in [0.15, 0.2) is 54.6 Å². The van der Waals surface area contributed by atoms with Crippen LogP contribution in [0, 0.1) is 5.92 Å². The first-order chi connectivity index (χ1) is 8.34. The van der Waals surface area contributed by atoms with Crippen LogP contribution in [-0.4, -0.2) is 0 Å². The number of allylic oxidation sites excluding steroid dienone is 3. The van der Waals surface area contributed by atoms with E-state index in [-0.39, 0.29) is 0 Å². The van der Waals surface area contributed by atoms with Crippen molar-refractivity contribution in [2.45, 2.75) is 38.5 Å². The Hall–Kier alpha value is -1.30. The molecule has 0 bridgehead atoms. The van der Waals surface area contributed by atoms with Crippen LogP contribution in [0.3, 0.4) is 0 Å². The molecule has 0 radical (unpaired) electrons. The van der Waals surface area contributed by atoms with Gasteiger partial charge in [-0.2, -0.15) is 0 Å². The van der Waals surface area contributed by atoms with E-state index in [4.69, 9.17) is 0 Å². The van der Waals surface area contributed by atoms with Gasteiger partial charge in [-0.1, -0.05) is 73.9 Å². The van der Waals surface area contributed by atoms with Gasteiger partial charge in [-0.15, -0.1) is 0 Å². The van der Waals surface area contributed by atoms with Gasteiger partial charge in [0.25, 0.3) is 0 Å². The van der Waals surface area contributed by atoms with Crippen molar-refractivity contribution in [3.63, 3.8) is 0 Å². The van der Waals surface area contributed by atoms with Crippen molar-refractivity contribution < 1.29 is 0 Å². The third kappa shape index (κ3) is 4.22. The summed E-state index contributed by atoms with van der Waals surface area (Å²) in [4.78, 5) is 0. The maximum Gasteiger partial charge on any atom is -0.00318 e. The van der Waals surface area contributed by atoms with Crippen LogP contribution in [0.1, 0.15) is 37.7 Å². The summed E-state index contributed by atoms with van der Waals surface area (Å²) in [6.07, 6.45) is 12.6. The fraction of sp³-hybridized carbons (Fsp3) is 0.412. The molecule has 1 saturated carbocycles. The predicted octanol–water partition coefficient (Wildman–Crippen LogP) is 4.92. The van der Waals surface area contributed by atoms with Gasteiger partial charge in [-0.25, -0.2) is 0 Å². The van der Waals surface area contributed by atoms with E-state index in [2.05, 4.69) is 49.1 Å². The minimum atomic E-state index is 0.802. The van der Waals surface area contributed by atoms with Crippen molar-refractivity contribution >= 4 is 0 Å². The third-order valence-corrected chi connectivity index (χ3v) is 3.53. The van der Waals surface area contributed by atoms with E-state index in [0.717, 1.165) is 12.3 Å². The Morgan fingerprint density at radius 2 is 1.82 bits per heavy atom. The van der Waals surface area contributed by atoms with Crippen molar-refractivity contribution in [3.8, 4) is 0 Å². The number of hydrogen-bond donors (Lipinski definition) is 0. The number of hydrogen-bond acceptors (Lipinski definition) is 0. The Balaban J connectivity index is 1.82. The van der Waals surface area contributed by atoms with E-state index in [9.17, 15) is 0 Å². The second-order valence-corrected chi connectivity index (χ2v) is 5.08. The summed E-state index contributed by atoms with van der Waals surface area (Å²) in [5, 5.41) is 0. The highest BCUT2D eigenvalue weighted by Crippen LogP contribution is 2.25. The quantitative estimate of drug-likeness (QED) is 0.639. The zero-order valence-electron chi connectivity index (χ0n) is 10.6. The third-order valence-electron chi connectivity index (χ3n) is 3.53. The molecule has 0 aliphatic heterocycles.